The van der Waals surface area contributed by atoms with Crippen LogP contribution in [-0.2, 0) is 0 Å². The number of hydrogen-bond donors (Lipinski definition) is 1. The van der Waals surface area contributed by atoms with Crippen LogP contribution in [0.5, 0.6) is 0 Å². The summed E-state index contributed by atoms with van der Waals surface area (Å²) in [5.41, 5.74) is 1.44. The van der Waals surface area contributed by atoms with Gasteiger partial charge in [-0.1, -0.05) is 0 Å². The van der Waals surface area contributed by atoms with Crippen molar-refractivity contribution in [2.24, 2.45) is 0 Å². The van der Waals surface area contributed by atoms with Gasteiger partial charge >= 0.3 is 0 Å². The minimum absolute atomic E-state index is 0.0187. The zero-order chi connectivity index (χ0) is 16.4. The molecular weight excluding hydrogens is 318 g/mol. The molecule has 0 saturated carbocycles. The summed E-state index contributed by atoms with van der Waals surface area (Å²) in [4.78, 5) is 27.2. The Kier molecular flexibility index (Phi) is 4.02. The first-order valence-electron chi connectivity index (χ1n) is 6.86. The van der Waals surface area contributed by atoms with Crippen molar-refractivity contribution < 1.29 is 9.72 Å². The van der Waals surface area contributed by atoms with E-state index in [4.69, 9.17) is 0 Å². The Balaban J connectivity index is 1.91. The number of fused-ring (bicyclic) bond motifs is 1. The molecule has 118 valence electrons. The molecule has 0 atom stereocenters. The predicted molar refractivity (Wildman–Crippen MR) is 86.7 cm³/mol. The molecule has 23 heavy (non-hydrogen) atoms. The Bertz CT molecular complexity index is 886. The van der Waals surface area contributed by atoms with Crippen molar-refractivity contribution in [1.29, 1.82) is 0 Å². The fraction of sp³-hybridized carbons (Fsp3) is 0.214. The maximum atomic E-state index is 11.4. The minimum Gasteiger partial charge on any atom is -0.362 e. The van der Waals surface area contributed by atoms with Gasteiger partial charge in [0.15, 0.2) is 11.4 Å². The lowest BCUT2D eigenvalue weighted by molar-refractivity contribution is -0.476. The van der Waals surface area contributed by atoms with Crippen LogP contribution in [0.25, 0.3) is 16.2 Å². The lowest BCUT2D eigenvalue weighted by atomic mass is 10.3. The highest BCUT2D eigenvalue weighted by atomic mass is 32.1. The Labute approximate surface area is 134 Å². The zero-order valence-corrected chi connectivity index (χ0v) is 13.0. The number of nitro groups is 1. The van der Waals surface area contributed by atoms with E-state index in [1.54, 1.807) is 28.9 Å². The van der Waals surface area contributed by atoms with Gasteiger partial charge in [0.25, 0.3) is 0 Å². The molecule has 0 aliphatic carbocycles. The number of hydrogen-bond acceptors (Lipinski definition) is 7. The van der Waals surface area contributed by atoms with Crippen LogP contribution in [0.1, 0.15) is 16.6 Å². The molecule has 3 aromatic heterocycles. The highest BCUT2D eigenvalue weighted by molar-refractivity contribution is 7.17. The maximum Gasteiger partial charge on any atom is 0.220 e. The highest BCUT2D eigenvalue weighted by Crippen LogP contribution is 2.28. The van der Waals surface area contributed by atoms with Gasteiger partial charge in [-0.25, -0.2) is 9.50 Å². The number of aromatic nitrogens is 3. The van der Waals surface area contributed by atoms with E-state index >= 15 is 0 Å². The molecule has 3 heterocycles. The summed E-state index contributed by atoms with van der Waals surface area (Å²) in [5.74, 6) is 0.548. The quantitative estimate of drug-likeness (QED) is 0.422. The summed E-state index contributed by atoms with van der Waals surface area (Å²) < 4.78 is 1.66. The van der Waals surface area contributed by atoms with Crippen LogP contribution < -0.4 is 5.32 Å². The number of ketones is 1. The van der Waals surface area contributed by atoms with E-state index < -0.39 is 0 Å². The van der Waals surface area contributed by atoms with Crippen molar-refractivity contribution >= 4 is 28.6 Å². The Hall–Kier alpha value is -2.81. The summed E-state index contributed by atoms with van der Waals surface area (Å²) >= 11 is 1.38. The topological polar surface area (TPSA) is 102 Å². The van der Waals surface area contributed by atoms with Crippen LogP contribution >= 0.6 is 11.3 Å². The molecule has 0 unspecified atom stereocenters. The summed E-state index contributed by atoms with van der Waals surface area (Å²) in [6, 6.07) is 7.15. The molecule has 0 aliphatic heterocycles. The number of carbonyl (C=O) groups is 1. The second kappa shape index (κ2) is 6.13. The SMILES string of the molecule is CC(=O)c1ccc(-c2cnc3ccc(NCC[N+](=O)[O-])nn23)s1. The van der Waals surface area contributed by atoms with E-state index in [1.165, 1.54) is 18.3 Å². The Morgan fingerprint density at radius 3 is 2.91 bits per heavy atom. The predicted octanol–water partition coefficient (Wildman–Crippen LogP) is 2.35. The van der Waals surface area contributed by atoms with Crippen LogP contribution in [-0.4, -0.2) is 38.4 Å². The minimum atomic E-state index is -0.386. The molecule has 0 bridgehead atoms. The molecule has 9 heteroatoms. The molecule has 3 aromatic rings. The van der Waals surface area contributed by atoms with Gasteiger partial charge in [0.1, 0.15) is 11.5 Å². The van der Waals surface area contributed by atoms with Gasteiger partial charge < -0.3 is 5.32 Å². The third-order valence-corrected chi connectivity index (χ3v) is 4.38. The van der Waals surface area contributed by atoms with E-state index in [1.807, 2.05) is 6.07 Å². The maximum absolute atomic E-state index is 11.4. The standard InChI is InChI=1S/C14H13N5O3S/c1-9(20)11-2-3-12(23-11)10-8-16-14-5-4-13(17-19(10)14)15-6-7-18(21)22/h2-5,8H,6-7H2,1H3,(H,15,17). The third kappa shape index (κ3) is 3.19. The molecule has 8 nitrogen and oxygen atoms in total. The van der Waals surface area contributed by atoms with Crippen molar-refractivity contribution in [3.05, 3.63) is 45.5 Å². The largest absolute Gasteiger partial charge is 0.362 e. The number of thiophene rings is 1. The summed E-state index contributed by atoms with van der Waals surface area (Å²) in [6.45, 7) is 1.55. The average Bonchev–Trinajstić information content (AvgIpc) is 3.12. The van der Waals surface area contributed by atoms with Gasteiger partial charge in [-0.05, 0) is 31.2 Å². The van der Waals surface area contributed by atoms with Crippen molar-refractivity contribution in [3.63, 3.8) is 0 Å². The number of rotatable bonds is 6. The van der Waals surface area contributed by atoms with Gasteiger partial charge in [0.05, 0.1) is 22.5 Å². The van der Waals surface area contributed by atoms with E-state index in [2.05, 4.69) is 15.4 Å². The summed E-state index contributed by atoms with van der Waals surface area (Å²) in [6.07, 6.45) is 1.69. The van der Waals surface area contributed by atoms with Gasteiger partial charge in [0, 0.05) is 4.92 Å². The first kappa shape index (κ1) is 15.1. The third-order valence-electron chi connectivity index (χ3n) is 3.17. The van der Waals surface area contributed by atoms with Crippen LogP contribution in [0.3, 0.4) is 0 Å². The van der Waals surface area contributed by atoms with E-state index in [0.29, 0.717) is 16.3 Å². The normalized spacial score (nSPS) is 10.8. The van der Waals surface area contributed by atoms with Crippen molar-refractivity contribution in [1.82, 2.24) is 14.6 Å². The van der Waals surface area contributed by atoms with Gasteiger partial charge in [0.2, 0.25) is 6.54 Å². The molecule has 0 aliphatic rings. The van der Waals surface area contributed by atoms with Crippen molar-refractivity contribution in [3.8, 4) is 10.6 Å². The number of nitrogens with one attached hydrogen (secondary N) is 1. The smallest absolute Gasteiger partial charge is 0.220 e. The Morgan fingerprint density at radius 2 is 2.22 bits per heavy atom. The number of Topliss-reactive ketones (excluding diaryl/α,β-unsaturated/α-hetero) is 1. The lowest BCUT2D eigenvalue weighted by Gasteiger charge is -2.04. The molecule has 0 fully saturated rings. The Morgan fingerprint density at radius 1 is 1.39 bits per heavy atom. The summed E-state index contributed by atoms with van der Waals surface area (Å²) in [5, 5.41) is 17.7. The first-order chi connectivity index (χ1) is 11.0. The van der Waals surface area contributed by atoms with Gasteiger partial charge in [-0.3, -0.25) is 14.9 Å². The second-order valence-corrected chi connectivity index (χ2v) is 5.92. The molecular formula is C14H13N5O3S. The van der Waals surface area contributed by atoms with Crippen LogP contribution in [0.2, 0.25) is 0 Å². The summed E-state index contributed by atoms with van der Waals surface area (Å²) in [7, 11) is 0. The van der Waals surface area contributed by atoms with Gasteiger partial charge in [-0.2, -0.15) is 0 Å². The molecule has 0 saturated heterocycles. The van der Waals surface area contributed by atoms with E-state index in [9.17, 15) is 14.9 Å². The number of carbonyl (C=O) groups excluding carboxylic acids is 1. The molecule has 0 aromatic carbocycles. The van der Waals surface area contributed by atoms with Crippen LogP contribution in [0, 0.1) is 10.1 Å². The second-order valence-electron chi connectivity index (χ2n) is 4.84. The molecule has 3 rings (SSSR count). The van der Waals surface area contributed by atoms with E-state index in [0.717, 1.165) is 10.6 Å². The number of nitrogens with zero attached hydrogens (tertiary/aromatic N) is 4. The van der Waals surface area contributed by atoms with E-state index in [-0.39, 0.29) is 23.8 Å². The van der Waals surface area contributed by atoms with Crippen molar-refractivity contribution in [2.75, 3.05) is 18.4 Å². The fourth-order valence-electron chi connectivity index (χ4n) is 2.08. The molecule has 1 N–H and O–H groups in total. The highest BCUT2D eigenvalue weighted by Gasteiger charge is 2.12. The molecule has 0 spiro atoms. The van der Waals surface area contributed by atoms with Gasteiger partial charge in [-0.15, -0.1) is 16.4 Å². The number of anilines is 1. The van der Waals surface area contributed by atoms with Crippen molar-refractivity contribution in [2.45, 2.75) is 6.92 Å². The first-order valence-corrected chi connectivity index (χ1v) is 7.68. The zero-order valence-electron chi connectivity index (χ0n) is 12.2. The number of imidazole rings is 1. The molecule has 0 amide bonds. The molecule has 0 radical (unpaired) electrons. The fourth-order valence-corrected chi connectivity index (χ4v) is 2.97. The van der Waals surface area contributed by atoms with Crippen LogP contribution in [0.4, 0.5) is 5.82 Å². The lowest BCUT2D eigenvalue weighted by Crippen LogP contribution is -2.14. The average molecular weight is 331 g/mol. The monoisotopic (exact) mass is 331 g/mol. The van der Waals surface area contributed by atoms with Crippen LogP contribution in [0.15, 0.2) is 30.5 Å².